The molecule has 1 unspecified atom stereocenters. The summed E-state index contributed by atoms with van der Waals surface area (Å²) in [6.45, 7) is 2.06. The first-order chi connectivity index (χ1) is 10.1. The summed E-state index contributed by atoms with van der Waals surface area (Å²) in [5.41, 5.74) is 3.91. The van der Waals surface area contributed by atoms with Gasteiger partial charge in [0.15, 0.2) is 0 Å². The molecule has 0 radical (unpaired) electrons. The van der Waals surface area contributed by atoms with Crippen LogP contribution >= 0.6 is 15.9 Å². The van der Waals surface area contributed by atoms with Gasteiger partial charge in [-0.15, -0.1) is 0 Å². The van der Waals surface area contributed by atoms with Crippen LogP contribution in [0.1, 0.15) is 22.9 Å². The smallest absolute Gasteiger partial charge is 0.101 e. The Morgan fingerprint density at radius 1 is 1.10 bits per heavy atom. The summed E-state index contributed by atoms with van der Waals surface area (Å²) in [6.07, 6.45) is -0.0585. The Morgan fingerprint density at radius 2 is 1.90 bits per heavy atom. The molecule has 0 bridgehead atoms. The highest BCUT2D eigenvalue weighted by Gasteiger charge is 2.15. The van der Waals surface area contributed by atoms with Crippen LogP contribution < -0.4 is 0 Å². The molecule has 0 fully saturated rings. The van der Waals surface area contributed by atoms with Crippen LogP contribution in [0, 0.1) is 6.92 Å². The third kappa shape index (κ3) is 3.14. The highest BCUT2D eigenvalue weighted by molar-refractivity contribution is 9.10. The predicted octanol–water partition coefficient (Wildman–Crippen LogP) is 4.58. The zero-order chi connectivity index (χ0) is 14.8. The van der Waals surface area contributed by atoms with Crippen LogP contribution in [0.25, 0.3) is 10.9 Å². The number of aryl methyl sites for hydroxylation is 1. The summed E-state index contributed by atoms with van der Waals surface area (Å²) in [5, 5.41) is 11.6. The van der Waals surface area contributed by atoms with Crippen molar-refractivity contribution in [2.45, 2.75) is 19.4 Å². The van der Waals surface area contributed by atoms with E-state index in [0.29, 0.717) is 12.1 Å². The SMILES string of the molecule is Cc1cccc(CC(O)c2nc3ccccc3cc2Br)c1. The minimum atomic E-state index is -0.620. The quantitative estimate of drug-likeness (QED) is 0.756. The zero-order valence-electron chi connectivity index (χ0n) is 11.8. The number of aliphatic hydroxyl groups is 1. The molecule has 0 amide bonds. The predicted molar refractivity (Wildman–Crippen MR) is 89.3 cm³/mol. The van der Waals surface area contributed by atoms with Crippen LogP contribution in [0.3, 0.4) is 0 Å². The van der Waals surface area contributed by atoms with E-state index in [0.717, 1.165) is 20.9 Å². The maximum atomic E-state index is 10.5. The van der Waals surface area contributed by atoms with Gasteiger partial charge in [0.1, 0.15) is 6.10 Å². The van der Waals surface area contributed by atoms with E-state index < -0.39 is 6.10 Å². The molecule has 3 aromatic rings. The molecule has 106 valence electrons. The number of hydrogen-bond donors (Lipinski definition) is 1. The average Bonchev–Trinajstić information content (AvgIpc) is 2.46. The van der Waals surface area contributed by atoms with E-state index >= 15 is 0 Å². The molecule has 0 spiro atoms. The maximum absolute atomic E-state index is 10.5. The molecule has 0 saturated carbocycles. The Hall–Kier alpha value is -1.71. The molecule has 2 aromatic carbocycles. The lowest BCUT2D eigenvalue weighted by Gasteiger charge is -2.13. The van der Waals surface area contributed by atoms with Gasteiger partial charge >= 0.3 is 0 Å². The van der Waals surface area contributed by atoms with Crippen molar-refractivity contribution in [3.63, 3.8) is 0 Å². The van der Waals surface area contributed by atoms with E-state index in [9.17, 15) is 5.11 Å². The molecule has 0 aliphatic carbocycles. The van der Waals surface area contributed by atoms with Gasteiger partial charge in [-0.25, -0.2) is 4.98 Å². The summed E-state index contributed by atoms with van der Waals surface area (Å²) in [4.78, 5) is 4.60. The minimum absolute atomic E-state index is 0.561. The second-order valence-corrected chi connectivity index (χ2v) is 6.11. The number of nitrogens with zero attached hydrogens (tertiary/aromatic N) is 1. The topological polar surface area (TPSA) is 33.1 Å². The molecule has 2 nitrogen and oxygen atoms in total. The molecule has 1 atom stereocenters. The van der Waals surface area contributed by atoms with Crippen LogP contribution in [0.2, 0.25) is 0 Å². The largest absolute Gasteiger partial charge is 0.386 e. The van der Waals surface area contributed by atoms with E-state index in [2.05, 4.69) is 40.0 Å². The number of halogens is 1. The van der Waals surface area contributed by atoms with Gasteiger partial charge in [-0.2, -0.15) is 0 Å². The van der Waals surface area contributed by atoms with Crippen LogP contribution in [0.15, 0.2) is 59.1 Å². The van der Waals surface area contributed by atoms with Gasteiger partial charge < -0.3 is 5.11 Å². The monoisotopic (exact) mass is 341 g/mol. The first kappa shape index (κ1) is 14.2. The molecule has 0 aliphatic heterocycles. The zero-order valence-corrected chi connectivity index (χ0v) is 13.3. The second kappa shape index (κ2) is 5.96. The molecule has 3 rings (SSSR count). The number of aliphatic hydroxyl groups excluding tert-OH is 1. The minimum Gasteiger partial charge on any atom is -0.386 e. The number of pyridine rings is 1. The molecule has 1 N–H and O–H groups in total. The molecule has 1 aromatic heterocycles. The highest BCUT2D eigenvalue weighted by atomic mass is 79.9. The van der Waals surface area contributed by atoms with Crippen LogP contribution in [0.4, 0.5) is 0 Å². The Morgan fingerprint density at radius 3 is 2.71 bits per heavy atom. The van der Waals surface area contributed by atoms with Gasteiger partial charge in [0, 0.05) is 16.3 Å². The van der Waals surface area contributed by atoms with E-state index in [1.807, 2.05) is 42.5 Å². The number of fused-ring (bicyclic) bond motifs is 1. The number of benzene rings is 2. The van der Waals surface area contributed by atoms with Crippen molar-refractivity contribution in [1.82, 2.24) is 4.98 Å². The van der Waals surface area contributed by atoms with Crippen LogP contribution in [-0.4, -0.2) is 10.1 Å². The maximum Gasteiger partial charge on any atom is 0.101 e. The van der Waals surface area contributed by atoms with E-state index in [1.165, 1.54) is 5.56 Å². The fourth-order valence-electron chi connectivity index (χ4n) is 2.50. The third-order valence-electron chi connectivity index (χ3n) is 3.53. The summed E-state index contributed by atoms with van der Waals surface area (Å²) >= 11 is 3.52. The molecule has 0 aliphatic rings. The lowest BCUT2D eigenvalue weighted by Crippen LogP contribution is -2.05. The number of rotatable bonds is 3. The molecule has 0 saturated heterocycles. The standard InChI is InChI=1S/C18H16BrNO/c1-12-5-4-6-13(9-12)10-17(21)18-15(19)11-14-7-2-3-8-16(14)20-18/h2-9,11,17,21H,10H2,1H3. The molecular weight excluding hydrogens is 326 g/mol. The van der Waals surface area contributed by atoms with Gasteiger partial charge in [0.25, 0.3) is 0 Å². The second-order valence-electron chi connectivity index (χ2n) is 5.26. The van der Waals surface area contributed by atoms with Crippen molar-refractivity contribution in [2.75, 3.05) is 0 Å². The Bertz CT molecular complexity index is 785. The molecule has 21 heavy (non-hydrogen) atoms. The normalized spacial score (nSPS) is 12.5. The van der Waals surface area contributed by atoms with Crippen molar-refractivity contribution < 1.29 is 5.11 Å². The summed E-state index contributed by atoms with van der Waals surface area (Å²) in [7, 11) is 0. The highest BCUT2D eigenvalue weighted by Crippen LogP contribution is 2.28. The molecule has 1 heterocycles. The Kier molecular flexibility index (Phi) is 4.04. The van der Waals surface area contributed by atoms with Gasteiger partial charge in [-0.1, -0.05) is 48.0 Å². The van der Waals surface area contributed by atoms with Crippen molar-refractivity contribution in [3.05, 3.63) is 75.9 Å². The van der Waals surface area contributed by atoms with Crippen LogP contribution in [-0.2, 0) is 6.42 Å². The van der Waals surface area contributed by atoms with Crippen molar-refractivity contribution >= 4 is 26.8 Å². The molecular formula is C18H16BrNO. The molecule has 3 heteroatoms. The van der Waals surface area contributed by atoms with Crippen molar-refractivity contribution in [1.29, 1.82) is 0 Å². The number of para-hydroxylation sites is 1. The van der Waals surface area contributed by atoms with Crippen molar-refractivity contribution in [3.8, 4) is 0 Å². The Balaban J connectivity index is 1.93. The van der Waals surface area contributed by atoms with Crippen LogP contribution in [0.5, 0.6) is 0 Å². The van der Waals surface area contributed by atoms with E-state index in [1.54, 1.807) is 0 Å². The summed E-state index contributed by atoms with van der Waals surface area (Å²) in [6, 6.07) is 18.1. The fourth-order valence-corrected chi connectivity index (χ4v) is 3.10. The van der Waals surface area contributed by atoms with Gasteiger partial charge in [-0.3, -0.25) is 0 Å². The number of aromatic nitrogens is 1. The lowest BCUT2D eigenvalue weighted by atomic mass is 10.0. The first-order valence-electron chi connectivity index (χ1n) is 6.92. The lowest BCUT2D eigenvalue weighted by molar-refractivity contribution is 0.173. The first-order valence-corrected chi connectivity index (χ1v) is 7.71. The third-order valence-corrected chi connectivity index (χ3v) is 4.17. The van der Waals surface area contributed by atoms with Gasteiger partial charge in [0.2, 0.25) is 0 Å². The van der Waals surface area contributed by atoms with Gasteiger partial charge in [0.05, 0.1) is 11.2 Å². The fraction of sp³-hybridized carbons (Fsp3) is 0.167. The van der Waals surface area contributed by atoms with Gasteiger partial charge in [-0.05, 0) is 40.5 Å². The summed E-state index contributed by atoms with van der Waals surface area (Å²) < 4.78 is 0.848. The van der Waals surface area contributed by atoms with E-state index in [-0.39, 0.29) is 0 Å². The number of hydrogen-bond acceptors (Lipinski definition) is 2. The Labute approximate surface area is 132 Å². The average molecular weight is 342 g/mol. The van der Waals surface area contributed by atoms with E-state index in [4.69, 9.17) is 0 Å². The van der Waals surface area contributed by atoms with Crippen molar-refractivity contribution in [2.24, 2.45) is 0 Å². The summed E-state index contributed by atoms with van der Waals surface area (Å²) in [5.74, 6) is 0.